The predicted molar refractivity (Wildman–Crippen MR) is 100 cm³/mol. The summed E-state index contributed by atoms with van der Waals surface area (Å²) in [6.07, 6.45) is -2.26. The van der Waals surface area contributed by atoms with Gasteiger partial charge in [0.15, 0.2) is 0 Å². The third-order valence-corrected chi connectivity index (χ3v) is 5.27. The van der Waals surface area contributed by atoms with Crippen LogP contribution in [-0.2, 0) is 38.8 Å². The van der Waals surface area contributed by atoms with Crippen LogP contribution in [0.5, 0.6) is 0 Å². The van der Waals surface area contributed by atoms with E-state index in [0.29, 0.717) is 26.4 Å². The van der Waals surface area contributed by atoms with E-state index in [9.17, 15) is 5.11 Å². The maximum absolute atomic E-state index is 10.8. The molecule has 5 heteroatoms. The zero-order valence-electron chi connectivity index (χ0n) is 15.5. The van der Waals surface area contributed by atoms with E-state index in [4.69, 9.17) is 18.9 Å². The SMILES string of the molecule is C[C@@H]1OC2COCc3ccccc3CO[C@@H](C1OCc1ccccc1)[C@@H]2O. The summed E-state index contributed by atoms with van der Waals surface area (Å²) in [5, 5.41) is 10.8. The van der Waals surface area contributed by atoms with Gasteiger partial charge >= 0.3 is 0 Å². The summed E-state index contributed by atoms with van der Waals surface area (Å²) in [6.45, 7) is 3.63. The van der Waals surface area contributed by atoms with Crippen LogP contribution in [0.4, 0.5) is 0 Å². The monoisotopic (exact) mass is 370 g/mol. The highest BCUT2D eigenvalue weighted by Crippen LogP contribution is 2.29. The molecule has 2 aromatic rings. The van der Waals surface area contributed by atoms with Crippen molar-refractivity contribution in [3.63, 3.8) is 0 Å². The van der Waals surface area contributed by atoms with Gasteiger partial charge in [-0.25, -0.2) is 0 Å². The Balaban J connectivity index is 1.53. The molecular weight excluding hydrogens is 344 g/mol. The number of rotatable bonds is 3. The van der Waals surface area contributed by atoms with Gasteiger partial charge in [-0.3, -0.25) is 0 Å². The van der Waals surface area contributed by atoms with Crippen LogP contribution in [0.25, 0.3) is 0 Å². The molecule has 2 heterocycles. The summed E-state index contributed by atoms with van der Waals surface area (Å²) in [5.74, 6) is 0. The summed E-state index contributed by atoms with van der Waals surface area (Å²) in [6, 6.07) is 18.0. The number of hydrogen-bond donors (Lipinski definition) is 1. The van der Waals surface area contributed by atoms with Gasteiger partial charge in [0, 0.05) is 0 Å². The summed E-state index contributed by atoms with van der Waals surface area (Å²) >= 11 is 0. The van der Waals surface area contributed by atoms with E-state index in [2.05, 4.69) is 0 Å². The molecule has 0 aromatic heterocycles. The number of ether oxygens (including phenoxy) is 4. The minimum Gasteiger partial charge on any atom is -0.387 e. The number of benzene rings is 2. The Morgan fingerprint density at radius 2 is 1.70 bits per heavy atom. The Hall–Kier alpha value is -1.76. The van der Waals surface area contributed by atoms with Crippen molar-refractivity contribution in [2.24, 2.45) is 0 Å². The normalized spacial score (nSPS) is 31.1. The minimum atomic E-state index is -0.799. The lowest BCUT2D eigenvalue weighted by Gasteiger charge is -2.44. The van der Waals surface area contributed by atoms with Crippen LogP contribution >= 0.6 is 0 Å². The van der Waals surface area contributed by atoms with Crippen LogP contribution in [0.1, 0.15) is 23.6 Å². The van der Waals surface area contributed by atoms with E-state index in [-0.39, 0.29) is 12.2 Å². The lowest BCUT2D eigenvalue weighted by molar-refractivity contribution is -0.257. The fourth-order valence-corrected chi connectivity index (χ4v) is 3.75. The first-order valence-electron chi connectivity index (χ1n) is 9.47. The quantitative estimate of drug-likeness (QED) is 0.900. The molecule has 1 saturated heterocycles. The molecule has 5 atom stereocenters. The fraction of sp³-hybridized carbons (Fsp3) is 0.455. The second-order valence-corrected chi connectivity index (χ2v) is 7.19. The van der Waals surface area contributed by atoms with Crippen LogP contribution in [0.3, 0.4) is 0 Å². The Morgan fingerprint density at radius 1 is 1.00 bits per heavy atom. The van der Waals surface area contributed by atoms with Gasteiger partial charge in [-0.05, 0) is 23.6 Å². The van der Waals surface area contributed by atoms with Crippen molar-refractivity contribution in [2.45, 2.75) is 57.3 Å². The number of aliphatic hydroxyl groups excluding tert-OH is 1. The second-order valence-electron chi connectivity index (χ2n) is 7.19. The molecule has 27 heavy (non-hydrogen) atoms. The zero-order valence-corrected chi connectivity index (χ0v) is 15.5. The minimum absolute atomic E-state index is 0.203. The highest BCUT2D eigenvalue weighted by molar-refractivity contribution is 5.26. The first-order chi connectivity index (χ1) is 13.2. The number of aliphatic hydroxyl groups is 1. The Morgan fingerprint density at radius 3 is 2.48 bits per heavy atom. The zero-order chi connectivity index (χ0) is 18.6. The van der Waals surface area contributed by atoms with E-state index in [0.717, 1.165) is 16.7 Å². The summed E-state index contributed by atoms with van der Waals surface area (Å²) in [4.78, 5) is 0. The van der Waals surface area contributed by atoms with Gasteiger partial charge in [-0.15, -0.1) is 0 Å². The molecule has 0 spiro atoms. The second kappa shape index (κ2) is 8.50. The molecule has 0 saturated carbocycles. The molecule has 2 aliphatic heterocycles. The molecule has 0 radical (unpaired) electrons. The molecule has 5 nitrogen and oxygen atoms in total. The van der Waals surface area contributed by atoms with Crippen LogP contribution in [0, 0.1) is 0 Å². The summed E-state index contributed by atoms with van der Waals surface area (Å²) in [5.41, 5.74) is 3.25. The first kappa shape index (κ1) is 18.6. The fourth-order valence-electron chi connectivity index (χ4n) is 3.75. The van der Waals surface area contributed by atoms with E-state index in [1.54, 1.807) is 0 Å². The van der Waals surface area contributed by atoms with Gasteiger partial charge in [-0.2, -0.15) is 0 Å². The van der Waals surface area contributed by atoms with Gasteiger partial charge < -0.3 is 24.1 Å². The Bertz CT molecular complexity index is 734. The molecule has 2 aromatic carbocycles. The predicted octanol–water partition coefficient (Wildman–Crippen LogP) is 2.84. The van der Waals surface area contributed by atoms with Gasteiger partial charge in [0.2, 0.25) is 0 Å². The molecule has 2 unspecified atom stereocenters. The molecule has 1 fully saturated rings. The highest BCUT2D eigenvalue weighted by Gasteiger charge is 2.45. The lowest BCUT2D eigenvalue weighted by Crippen LogP contribution is -2.59. The van der Waals surface area contributed by atoms with Crippen molar-refractivity contribution < 1.29 is 24.1 Å². The van der Waals surface area contributed by atoms with Crippen LogP contribution in [-0.4, -0.2) is 42.2 Å². The molecule has 0 amide bonds. The average molecular weight is 370 g/mol. The smallest absolute Gasteiger partial charge is 0.115 e. The van der Waals surface area contributed by atoms with Crippen molar-refractivity contribution in [2.75, 3.05) is 6.61 Å². The van der Waals surface area contributed by atoms with E-state index >= 15 is 0 Å². The molecular formula is C22H26O5. The summed E-state index contributed by atoms with van der Waals surface area (Å²) in [7, 11) is 0. The maximum atomic E-state index is 10.8. The molecule has 2 bridgehead atoms. The highest BCUT2D eigenvalue weighted by atomic mass is 16.6. The van der Waals surface area contributed by atoms with Crippen molar-refractivity contribution in [3.05, 3.63) is 71.3 Å². The van der Waals surface area contributed by atoms with Crippen molar-refractivity contribution in [1.82, 2.24) is 0 Å². The topological polar surface area (TPSA) is 57.2 Å². The molecule has 0 aliphatic carbocycles. The summed E-state index contributed by atoms with van der Waals surface area (Å²) < 4.78 is 24.2. The van der Waals surface area contributed by atoms with Gasteiger partial charge in [0.1, 0.15) is 24.4 Å². The lowest BCUT2D eigenvalue weighted by atomic mass is 9.95. The third-order valence-electron chi connectivity index (χ3n) is 5.27. The van der Waals surface area contributed by atoms with Crippen LogP contribution in [0.2, 0.25) is 0 Å². The Labute approximate surface area is 159 Å². The van der Waals surface area contributed by atoms with Gasteiger partial charge in [0.25, 0.3) is 0 Å². The Kier molecular flexibility index (Phi) is 5.86. The van der Waals surface area contributed by atoms with Crippen molar-refractivity contribution in [1.29, 1.82) is 0 Å². The van der Waals surface area contributed by atoms with Crippen LogP contribution in [0.15, 0.2) is 54.6 Å². The van der Waals surface area contributed by atoms with E-state index < -0.39 is 18.3 Å². The van der Waals surface area contributed by atoms with E-state index in [1.807, 2.05) is 61.5 Å². The van der Waals surface area contributed by atoms with E-state index in [1.165, 1.54) is 0 Å². The molecule has 1 N–H and O–H groups in total. The molecule has 144 valence electrons. The standard InChI is InChI=1S/C22H26O5/c1-15-21(25-11-16-7-3-2-4-8-16)22-20(23)19(27-15)14-24-12-17-9-5-6-10-18(17)13-26-22/h2-10,15,19-23H,11-14H2,1H3/t15-,19?,20+,21?,22+/m0/s1. The maximum Gasteiger partial charge on any atom is 0.115 e. The number of hydrogen-bond acceptors (Lipinski definition) is 5. The van der Waals surface area contributed by atoms with Crippen molar-refractivity contribution >= 4 is 0 Å². The van der Waals surface area contributed by atoms with Gasteiger partial charge in [-0.1, -0.05) is 54.6 Å². The largest absolute Gasteiger partial charge is 0.387 e. The third kappa shape index (κ3) is 4.23. The number of fused-ring (bicyclic) bond motifs is 3. The van der Waals surface area contributed by atoms with Gasteiger partial charge in [0.05, 0.1) is 32.5 Å². The molecule has 4 rings (SSSR count). The first-order valence-corrected chi connectivity index (χ1v) is 9.47. The van der Waals surface area contributed by atoms with Crippen LogP contribution < -0.4 is 0 Å². The van der Waals surface area contributed by atoms with Crippen molar-refractivity contribution in [3.8, 4) is 0 Å². The molecule has 2 aliphatic rings. The average Bonchev–Trinajstić information content (AvgIpc) is 2.69.